The highest BCUT2D eigenvalue weighted by Crippen LogP contribution is 2.30. The van der Waals surface area contributed by atoms with Crippen LogP contribution in [0.5, 0.6) is 0 Å². The minimum Gasteiger partial charge on any atom is -0.424 e. The van der Waals surface area contributed by atoms with Gasteiger partial charge < -0.3 is 14.6 Å². The molecule has 0 saturated carbocycles. The number of hydrogen-bond donors (Lipinski definition) is 2. The highest BCUT2D eigenvalue weighted by atomic mass is 19.1. The molecule has 2 unspecified atom stereocenters. The SMILES string of the molecule is Cc1ccc(-c2cn[nH]c2)c(C(=O)N2CCCC(C)C2CNc2nc3cc(F)ccc3o2)c1. The third kappa shape index (κ3) is 4.20. The molecule has 2 atom stereocenters. The average Bonchev–Trinajstić information content (AvgIpc) is 3.47. The van der Waals surface area contributed by atoms with Crippen LogP contribution >= 0.6 is 0 Å². The molecule has 2 aromatic carbocycles. The number of nitrogens with one attached hydrogen (secondary N) is 2. The summed E-state index contributed by atoms with van der Waals surface area (Å²) in [6.07, 6.45) is 5.53. The summed E-state index contributed by atoms with van der Waals surface area (Å²) < 4.78 is 19.2. The van der Waals surface area contributed by atoms with Crippen LogP contribution in [0.15, 0.2) is 53.2 Å². The molecule has 8 heteroatoms. The number of aryl methyl sites for hydroxylation is 1. The third-order valence-electron chi connectivity index (χ3n) is 6.40. The maximum absolute atomic E-state index is 13.8. The molecule has 1 fully saturated rings. The van der Waals surface area contributed by atoms with Gasteiger partial charge in [-0.1, -0.05) is 24.6 Å². The van der Waals surface area contributed by atoms with E-state index in [9.17, 15) is 9.18 Å². The van der Waals surface area contributed by atoms with Gasteiger partial charge in [-0.05, 0) is 49.4 Å². The summed E-state index contributed by atoms with van der Waals surface area (Å²) in [6.45, 7) is 5.34. The number of benzene rings is 2. The van der Waals surface area contributed by atoms with Gasteiger partial charge >= 0.3 is 0 Å². The summed E-state index contributed by atoms with van der Waals surface area (Å²) in [5, 5.41) is 10.1. The Morgan fingerprint density at radius 2 is 2.18 bits per heavy atom. The maximum Gasteiger partial charge on any atom is 0.295 e. The van der Waals surface area contributed by atoms with Crippen molar-refractivity contribution in [3.8, 4) is 11.1 Å². The smallest absolute Gasteiger partial charge is 0.295 e. The van der Waals surface area contributed by atoms with Crippen LogP contribution in [0.3, 0.4) is 0 Å². The lowest BCUT2D eigenvalue weighted by Gasteiger charge is -2.40. The summed E-state index contributed by atoms with van der Waals surface area (Å²) in [6, 6.07) is 10.5. The van der Waals surface area contributed by atoms with Gasteiger partial charge in [-0.3, -0.25) is 9.89 Å². The van der Waals surface area contributed by atoms with Crippen molar-refractivity contribution in [3.05, 3.63) is 65.7 Å². The van der Waals surface area contributed by atoms with E-state index in [0.29, 0.717) is 41.7 Å². The maximum atomic E-state index is 13.8. The molecule has 7 nitrogen and oxygen atoms in total. The Balaban J connectivity index is 1.40. The molecule has 0 spiro atoms. The number of rotatable bonds is 5. The lowest BCUT2D eigenvalue weighted by Crippen LogP contribution is -2.51. The second kappa shape index (κ2) is 8.69. The predicted octanol–water partition coefficient (Wildman–Crippen LogP) is 5.02. The van der Waals surface area contributed by atoms with Crippen LogP contribution in [0.4, 0.5) is 10.4 Å². The van der Waals surface area contributed by atoms with Crippen LogP contribution in [0.1, 0.15) is 35.7 Å². The van der Waals surface area contributed by atoms with E-state index in [2.05, 4.69) is 27.4 Å². The second-order valence-electron chi connectivity index (χ2n) is 8.73. The van der Waals surface area contributed by atoms with Gasteiger partial charge in [-0.25, -0.2) is 4.39 Å². The van der Waals surface area contributed by atoms with Crippen molar-refractivity contribution in [2.45, 2.75) is 32.7 Å². The lowest BCUT2D eigenvalue weighted by atomic mass is 9.89. The van der Waals surface area contributed by atoms with Crippen LogP contribution in [-0.2, 0) is 0 Å². The van der Waals surface area contributed by atoms with Crippen molar-refractivity contribution < 1.29 is 13.6 Å². The first-order chi connectivity index (χ1) is 16.0. The minimum atomic E-state index is -0.355. The Morgan fingerprint density at radius 1 is 1.30 bits per heavy atom. The second-order valence-corrected chi connectivity index (χ2v) is 8.73. The quantitative estimate of drug-likeness (QED) is 0.449. The number of carbonyl (C=O) groups excluding carboxylic acids is 1. The van der Waals surface area contributed by atoms with Gasteiger partial charge in [0.15, 0.2) is 5.58 Å². The highest BCUT2D eigenvalue weighted by molar-refractivity contribution is 6.01. The Bertz CT molecular complexity index is 1280. The first kappa shape index (κ1) is 21.2. The fraction of sp³-hybridized carbons (Fsp3) is 0.320. The molecule has 33 heavy (non-hydrogen) atoms. The predicted molar refractivity (Wildman–Crippen MR) is 124 cm³/mol. The van der Waals surface area contributed by atoms with E-state index in [4.69, 9.17) is 4.42 Å². The molecule has 5 rings (SSSR count). The van der Waals surface area contributed by atoms with Gasteiger partial charge in [-0.2, -0.15) is 10.1 Å². The Morgan fingerprint density at radius 3 is 3.00 bits per heavy atom. The molecule has 170 valence electrons. The molecule has 1 saturated heterocycles. The van der Waals surface area contributed by atoms with Crippen LogP contribution in [0, 0.1) is 18.7 Å². The van der Waals surface area contributed by atoms with Crippen molar-refractivity contribution in [2.75, 3.05) is 18.4 Å². The highest BCUT2D eigenvalue weighted by Gasteiger charge is 2.33. The first-order valence-electron chi connectivity index (χ1n) is 11.2. The Kier molecular flexibility index (Phi) is 5.58. The monoisotopic (exact) mass is 447 g/mol. The number of aromatic nitrogens is 3. The van der Waals surface area contributed by atoms with Crippen LogP contribution in [0.25, 0.3) is 22.2 Å². The van der Waals surface area contributed by atoms with Gasteiger partial charge in [-0.15, -0.1) is 0 Å². The standard InChI is InChI=1S/C25H26FN5O2/c1-15-5-7-19(17-12-28-29-13-17)20(10-15)24(32)31-9-3-4-16(2)22(31)14-27-25-30-21-11-18(26)6-8-23(21)33-25/h5-8,10-13,16,22H,3-4,9,14H2,1-2H3,(H,27,30)(H,28,29). The van der Waals surface area contributed by atoms with Crippen molar-refractivity contribution in [1.82, 2.24) is 20.1 Å². The molecule has 1 amide bonds. The van der Waals surface area contributed by atoms with Gasteiger partial charge in [0.25, 0.3) is 11.9 Å². The Hall–Kier alpha value is -3.68. The summed E-state index contributed by atoms with van der Waals surface area (Å²) in [5.74, 6) is -0.0429. The molecule has 4 aromatic rings. The number of anilines is 1. The van der Waals surface area contributed by atoms with Crippen molar-refractivity contribution in [1.29, 1.82) is 0 Å². The summed E-state index contributed by atoms with van der Waals surface area (Å²) >= 11 is 0. The minimum absolute atomic E-state index is 0.00730. The number of hydrogen-bond acceptors (Lipinski definition) is 5. The number of oxazole rings is 1. The number of aromatic amines is 1. The average molecular weight is 448 g/mol. The number of nitrogens with zero attached hydrogens (tertiary/aromatic N) is 3. The third-order valence-corrected chi connectivity index (χ3v) is 6.40. The molecule has 2 N–H and O–H groups in total. The van der Waals surface area contributed by atoms with Crippen LogP contribution < -0.4 is 5.32 Å². The molecule has 3 heterocycles. The van der Waals surface area contributed by atoms with Crippen LogP contribution in [-0.4, -0.2) is 45.1 Å². The summed E-state index contributed by atoms with van der Waals surface area (Å²) in [7, 11) is 0. The van der Waals surface area contributed by atoms with Gasteiger partial charge in [0.1, 0.15) is 11.3 Å². The zero-order valence-corrected chi connectivity index (χ0v) is 18.6. The fourth-order valence-corrected chi connectivity index (χ4v) is 4.62. The molecular formula is C25H26FN5O2. The zero-order chi connectivity index (χ0) is 22.9. The van der Waals surface area contributed by atoms with Crippen molar-refractivity contribution in [3.63, 3.8) is 0 Å². The van der Waals surface area contributed by atoms with Gasteiger partial charge in [0.05, 0.1) is 12.2 Å². The van der Waals surface area contributed by atoms with E-state index in [0.717, 1.165) is 29.5 Å². The number of likely N-dealkylation sites (tertiary alicyclic amines) is 1. The summed E-state index contributed by atoms with van der Waals surface area (Å²) in [5.41, 5.74) is 4.44. The number of piperidine rings is 1. The molecular weight excluding hydrogens is 421 g/mol. The topological polar surface area (TPSA) is 87.0 Å². The number of fused-ring (bicyclic) bond motifs is 1. The first-order valence-corrected chi connectivity index (χ1v) is 11.2. The van der Waals surface area contributed by atoms with Crippen molar-refractivity contribution in [2.24, 2.45) is 5.92 Å². The van der Waals surface area contributed by atoms with E-state index < -0.39 is 0 Å². The number of amides is 1. The zero-order valence-electron chi connectivity index (χ0n) is 18.6. The summed E-state index contributed by atoms with van der Waals surface area (Å²) in [4.78, 5) is 20.1. The van der Waals surface area contributed by atoms with E-state index >= 15 is 0 Å². The largest absolute Gasteiger partial charge is 0.424 e. The number of H-pyrrole nitrogens is 1. The Labute approximate surface area is 191 Å². The van der Waals surface area contributed by atoms with Gasteiger partial charge in [0, 0.05) is 36.5 Å². The van der Waals surface area contributed by atoms with Crippen LogP contribution in [0.2, 0.25) is 0 Å². The molecule has 0 radical (unpaired) electrons. The van der Waals surface area contributed by atoms with E-state index in [-0.39, 0.29) is 17.8 Å². The molecule has 1 aliphatic rings. The molecule has 1 aliphatic heterocycles. The molecule has 0 aliphatic carbocycles. The normalized spacial score (nSPS) is 18.6. The van der Waals surface area contributed by atoms with Gasteiger partial charge in [0.2, 0.25) is 0 Å². The fourth-order valence-electron chi connectivity index (χ4n) is 4.62. The molecule has 2 aromatic heterocycles. The number of carbonyl (C=O) groups is 1. The molecule has 0 bridgehead atoms. The van der Waals surface area contributed by atoms with Crippen molar-refractivity contribution >= 4 is 23.0 Å². The van der Waals surface area contributed by atoms with E-state index in [1.807, 2.05) is 30.0 Å². The van der Waals surface area contributed by atoms with E-state index in [1.54, 1.807) is 18.5 Å². The number of halogens is 1. The van der Waals surface area contributed by atoms with E-state index in [1.165, 1.54) is 12.1 Å². The lowest BCUT2D eigenvalue weighted by molar-refractivity contribution is 0.0540.